The molecule has 0 aliphatic heterocycles. The zero-order valence-electron chi connectivity index (χ0n) is 10.8. The van der Waals surface area contributed by atoms with Crippen molar-refractivity contribution in [3.05, 3.63) is 23.8 Å². The molecule has 1 rings (SSSR count). The number of aryl methyl sites for hydroxylation is 1. The molecule has 4 heteroatoms. The summed E-state index contributed by atoms with van der Waals surface area (Å²) in [6.45, 7) is 2.30. The van der Waals surface area contributed by atoms with Gasteiger partial charge in [0.25, 0.3) is 0 Å². The number of hydrogen-bond donors (Lipinski definition) is 0. The van der Waals surface area contributed by atoms with Crippen molar-refractivity contribution >= 4 is 11.7 Å². The fraction of sp³-hybridized carbons (Fsp3) is 0.462. The van der Waals surface area contributed by atoms with Gasteiger partial charge in [-0.2, -0.15) is 0 Å². The molecule has 0 N–H and O–H groups in total. The zero-order valence-corrected chi connectivity index (χ0v) is 10.8. The summed E-state index contributed by atoms with van der Waals surface area (Å²) in [4.78, 5) is 13.1. The molecule has 0 fully saturated rings. The lowest BCUT2D eigenvalue weighted by Gasteiger charge is -2.21. The molecule has 17 heavy (non-hydrogen) atoms. The highest BCUT2D eigenvalue weighted by Crippen LogP contribution is 2.28. The van der Waals surface area contributed by atoms with Crippen LogP contribution in [0.15, 0.2) is 18.2 Å². The molecule has 0 radical (unpaired) electrons. The molecule has 0 saturated heterocycles. The third kappa shape index (κ3) is 3.37. The summed E-state index contributed by atoms with van der Waals surface area (Å²) in [6.07, 6.45) is 0.947. The van der Waals surface area contributed by atoms with Crippen molar-refractivity contribution in [3.63, 3.8) is 0 Å². The number of carbonyl (C=O) groups is 1. The van der Waals surface area contributed by atoms with Gasteiger partial charge in [-0.05, 0) is 24.1 Å². The molecule has 0 amide bonds. The average molecular weight is 237 g/mol. The molecule has 94 valence electrons. The van der Waals surface area contributed by atoms with Crippen LogP contribution in [0.25, 0.3) is 0 Å². The van der Waals surface area contributed by atoms with Crippen LogP contribution in [0.2, 0.25) is 0 Å². The highest BCUT2D eigenvalue weighted by atomic mass is 16.5. The van der Waals surface area contributed by atoms with E-state index in [-0.39, 0.29) is 12.5 Å². The van der Waals surface area contributed by atoms with Crippen LogP contribution in [-0.2, 0) is 16.0 Å². The lowest BCUT2D eigenvalue weighted by atomic mass is 10.1. The van der Waals surface area contributed by atoms with E-state index in [0.717, 1.165) is 17.9 Å². The Balaban J connectivity index is 2.96. The van der Waals surface area contributed by atoms with Gasteiger partial charge in [0.2, 0.25) is 0 Å². The number of nitrogens with zero attached hydrogens (tertiary/aromatic N) is 1. The molecule has 0 heterocycles. The summed E-state index contributed by atoms with van der Waals surface area (Å²) in [5.74, 6) is 0.491. The van der Waals surface area contributed by atoms with Crippen LogP contribution in [0.5, 0.6) is 5.75 Å². The number of rotatable bonds is 5. The van der Waals surface area contributed by atoms with Crippen LogP contribution >= 0.6 is 0 Å². The first kappa shape index (κ1) is 13.4. The van der Waals surface area contributed by atoms with Crippen molar-refractivity contribution < 1.29 is 14.3 Å². The second-order valence-corrected chi connectivity index (χ2v) is 3.79. The van der Waals surface area contributed by atoms with Crippen LogP contribution in [-0.4, -0.2) is 33.8 Å². The second kappa shape index (κ2) is 6.13. The lowest BCUT2D eigenvalue weighted by molar-refractivity contribution is -0.138. The first-order valence-electron chi connectivity index (χ1n) is 5.57. The third-order valence-electron chi connectivity index (χ3n) is 2.66. The highest BCUT2D eigenvalue weighted by molar-refractivity contribution is 5.76. The van der Waals surface area contributed by atoms with Crippen molar-refractivity contribution in [1.82, 2.24) is 0 Å². The Hall–Kier alpha value is -1.71. The fourth-order valence-corrected chi connectivity index (χ4v) is 1.60. The van der Waals surface area contributed by atoms with Crippen molar-refractivity contribution in [2.75, 3.05) is 32.7 Å². The number of hydrogen-bond acceptors (Lipinski definition) is 4. The third-order valence-corrected chi connectivity index (χ3v) is 2.66. The van der Waals surface area contributed by atoms with Gasteiger partial charge < -0.3 is 14.4 Å². The topological polar surface area (TPSA) is 38.8 Å². The van der Waals surface area contributed by atoms with Gasteiger partial charge >= 0.3 is 5.97 Å². The summed E-state index contributed by atoms with van der Waals surface area (Å²) in [5, 5.41) is 0. The predicted octanol–water partition coefficient (Wildman–Crippen LogP) is 1.87. The molecule has 4 nitrogen and oxygen atoms in total. The minimum absolute atomic E-state index is 0.208. The van der Waals surface area contributed by atoms with Gasteiger partial charge in [-0.1, -0.05) is 13.0 Å². The molecule has 0 aromatic heterocycles. The Kier molecular flexibility index (Phi) is 4.82. The Morgan fingerprint density at radius 3 is 2.59 bits per heavy atom. The maximum atomic E-state index is 11.2. The molecule has 0 atom stereocenters. The number of carbonyl (C=O) groups excluding carboxylic acids is 1. The number of anilines is 1. The summed E-state index contributed by atoms with van der Waals surface area (Å²) in [5.41, 5.74) is 2.11. The van der Waals surface area contributed by atoms with Gasteiger partial charge in [-0.3, -0.25) is 4.79 Å². The summed E-state index contributed by atoms with van der Waals surface area (Å²) in [7, 11) is 4.85. The van der Waals surface area contributed by atoms with Crippen LogP contribution in [0.3, 0.4) is 0 Å². The van der Waals surface area contributed by atoms with Crippen LogP contribution in [0.4, 0.5) is 5.69 Å². The average Bonchev–Trinajstić information content (AvgIpc) is 2.37. The number of methoxy groups -OCH3 is 2. The molecule has 0 saturated carbocycles. The molecular formula is C13H19NO3. The first-order chi connectivity index (χ1) is 8.12. The largest absolute Gasteiger partial charge is 0.495 e. The number of ether oxygens (including phenoxy) is 2. The van der Waals surface area contributed by atoms with E-state index in [1.807, 2.05) is 30.1 Å². The summed E-state index contributed by atoms with van der Waals surface area (Å²) >= 11 is 0. The van der Waals surface area contributed by atoms with Crippen LogP contribution < -0.4 is 9.64 Å². The second-order valence-electron chi connectivity index (χ2n) is 3.79. The van der Waals surface area contributed by atoms with E-state index < -0.39 is 0 Å². The Morgan fingerprint density at radius 1 is 1.35 bits per heavy atom. The van der Waals surface area contributed by atoms with Gasteiger partial charge in [0.1, 0.15) is 12.3 Å². The monoisotopic (exact) mass is 237 g/mol. The molecule has 0 aliphatic rings. The van der Waals surface area contributed by atoms with Crippen molar-refractivity contribution in [2.45, 2.75) is 13.3 Å². The van der Waals surface area contributed by atoms with Gasteiger partial charge in [0, 0.05) is 7.05 Å². The van der Waals surface area contributed by atoms with E-state index in [4.69, 9.17) is 4.74 Å². The Bertz CT molecular complexity index is 390. The summed E-state index contributed by atoms with van der Waals surface area (Å²) in [6, 6.07) is 5.97. The molecule has 0 bridgehead atoms. The minimum Gasteiger partial charge on any atom is -0.495 e. The maximum Gasteiger partial charge on any atom is 0.325 e. The minimum atomic E-state index is -0.267. The number of esters is 1. The Morgan fingerprint density at radius 2 is 2.06 bits per heavy atom. The standard InChI is InChI=1S/C13H19NO3/c1-5-10-6-7-12(16-3)11(8-10)14(2)9-13(15)17-4/h6-8H,5,9H2,1-4H3. The molecule has 1 aromatic carbocycles. The van der Waals surface area contributed by atoms with Gasteiger partial charge in [-0.25, -0.2) is 0 Å². The maximum absolute atomic E-state index is 11.2. The zero-order chi connectivity index (χ0) is 12.8. The van der Waals surface area contributed by atoms with Gasteiger partial charge in [0.15, 0.2) is 0 Å². The van der Waals surface area contributed by atoms with E-state index in [0.29, 0.717) is 0 Å². The molecule has 0 spiro atoms. The van der Waals surface area contributed by atoms with Crippen molar-refractivity contribution in [1.29, 1.82) is 0 Å². The smallest absolute Gasteiger partial charge is 0.325 e. The molecular weight excluding hydrogens is 218 g/mol. The van der Waals surface area contributed by atoms with Crippen LogP contribution in [0, 0.1) is 0 Å². The summed E-state index contributed by atoms with van der Waals surface area (Å²) < 4.78 is 9.94. The Labute approximate surface area is 102 Å². The van der Waals surface area contributed by atoms with Gasteiger partial charge in [-0.15, -0.1) is 0 Å². The van der Waals surface area contributed by atoms with E-state index >= 15 is 0 Å². The predicted molar refractivity (Wildman–Crippen MR) is 67.7 cm³/mol. The van der Waals surface area contributed by atoms with Crippen molar-refractivity contribution in [3.8, 4) is 5.75 Å². The fourth-order valence-electron chi connectivity index (χ4n) is 1.60. The quantitative estimate of drug-likeness (QED) is 0.733. The number of benzene rings is 1. The number of likely N-dealkylation sites (N-methyl/N-ethyl adjacent to an activating group) is 1. The van der Waals surface area contributed by atoms with E-state index in [9.17, 15) is 4.79 Å². The van der Waals surface area contributed by atoms with E-state index in [1.54, 1.807) is 7.11 Å². The highest BCUT2D eigenvalue weighted by Gasteiger charge is 2.12. The molecule has 0 unspecified atom stereocenters. The van der Waals surface area contributed by atoms with Crippen LogP contribution in [0.1, 0.15) is 12.5 Å². The molecule has 0 aliphatic carbocycles. The molecule has 1 aromatic rings. The van der Waals surface area contributed by atoms with E-state index in [2.05, 4.69) is 11.7 Å². The normalized spacial score (nSPS) is 9.88. The SMILES string of the molecule is CCc1ccc(OC)c(N(C)CC(=O)OC)c1. The van der Waals surface area contributed by atoms with Gasteiger partial charge in [0.05, 0.1) is 19.9 Å². The van der Waals surface area contributed by atoms with E-state index in [1.165, 1.54) is 12.7 Å². The lowest BCUT2D eigenvalue weighted by Crippen LogP contribution is -2.26. The first-order valence-corrected chi connectivity index (χ1v) is 5.57. The van der Waals surface area contributed by atoms with Crippen molar-refractivity contribution in [2.24, 2.45) is 0 Å².